The van der Waals surface area contributed by atoms with Crippen LogP contribution in [0.3, 0.4) is 0 Å². The molecule has 2 bridgehead atoms. The summed E-state index contributed by atoms with van der Waals surface area (Å²) in [5, 5.41) is 2.10. The first kappa shape index (κ1) is 40.9. The number of carbonyl (C=O) groups excluding carboxylic acids is 1. The molecule has 43 heavy (non-hydrogen) atoms. The molecule has 3 rings (SSSR count). The van der Waals surface area contributed by atoms with Crippen molar-refractivity contribution in [2.75, 3.05) is 52.4 Å². The molecular formula is C36H66N4O3. The number of hydrogen-bond acceptors (Lipinski definition) is 6. The summed E-state index contributed by atoms with van der Waals surface area (Å²) in [6, 6.07) is 0.411. The van der Waals surface area contributed by atoms with Crippen molar-refractivity contribution in [3.05, 3.63) is 35.6 Å². The number of terminal acetylenes is 1. The summed E-state index contributed by atoms with van der Waals surface area (Å²) >= 11 is 0. The Bertz CT molecular complexity index is 841. The summed E-state index contributed by atoms with van der Waals surface area (Å²) in [6.45, 7) is 23.5. The van der Waals surface area contributed by atoms with Crippen LogP contribution in [-0.4, -0.2) is 84.8 Å². The molecule has 2 atom stereocenters. The minimum absolute atomic E-state index is 0.0368. The van der Waals surface area contributed by atoms with Gasteiger partial charge in [0.2, 0.25) is 5.91 Å². The molecule has 1 aliphatic carbocycles. The number of nitrogens with zero attached hydrogens (tertiary/aromatic N) is 3. The minimum Gasteiger partial charge on any atom is -0.497 e. The quantitative estimate of drug-likeness (QED) is 0.171. The van der Waals surface area contributed by atoms with E-state index >= 15 is 0 Å². The number of ether oxygens (including phenoxy) is 1. The van der Waals surface area contributed by atoms with Gasteiger partial charge in [-0.1, -0.05) is 71.8 Å². The Hall–Kier alpha value is -2.11. The number of unbranched alkanes of at least 4 members (excludes halogenated alkanes) is 1. The number of hydrogen-bond donors (Lipinski definition) is 1. The van der Waals surface area contributed by atoms with E-state index in [2.05, 4.69) is 88.7 Å². The number of allylic oxidation sites excluding steroid dienone is 5. The Morgan fingerprint density at radius 1 is 1.19 bits per heavy atom. The van der Waals surface area contributed by atoms with Crippen molar-refractivity contribution in [1.29, 1.82) is 0 Å². The highest BCUT2D eigenvalue weighted by Gasteiger charge is 2.31. The van der Waals surface area contributed by atoms with Crippen LogP contribution in [0.25, 0.3) is 0 Å². The monoisotopic (exact) mass is 603 g/mol. The van der Waals surface area contributed by atoms with Gasteiger partial charge in [-0.15, -0.1) is 12.8 Å². The first-order valence-corrected chi connectivity index (χ1v) is 16.9. The van der Waals surface area contributed by atoms with Crippen LogP contribution in [0.1, 0.15) is 107 Å². The average Bonchev–Trinajstić information content (AvgIpc) is 3.36. The van der Waals surface area contributed by atoms with E-state index in [-0.39, 0.29) is 11.5 Å². The normalized spacial score (nSPS) is 21.8. The zero-order chi connectivity index (χ0) is 32.7. The maximum absolute atomic E-state index is 12.9. The van der Waals surface area contributed by atoms with Crippen molar-refractivity contribution in [3.63, 3.8) is 0 Å². The number of likely N-dealkylation sites (N-methyl/N-ethyl adjacent to an activating group) is 1. The molecule has 2 saturated heterocycles. The van der Waals surface area contributed by atoms with E-state index in [0.29, 0.717) is 25.0 Å². The van der Waals surface area contributed by atoms with Crippen LogP contribution in [-0.2, 0) is 14.4 Å². The summed E-state index contributed by atoms with van der Waals surface area (Å²) in [4.78, 5) is 23.2. The fourth-order valence-electron chi connectivity index (χ4n) is 5.39. The van der Waals surface area contributed by atoms with E-state index in [1.54, 1.807) is 0 Å². The predicted molar refractivity (Wildman–Crippen MR) is 183 cm³/mol. The van der Waals surface area contributed by atoms with Crippen molar-refractivity contribution in [2.45, 2.75) is 118 Å². The highest BCUT2D eigenvalue weighted by Crippen LogP contribution is 2.26. The summed E-state index contributed by atoms with van der Waals surface area (Å²) in [5.41, 5.74) is 7.15. The summed E-state index contributed by atoms with van der Waals surface area (Å²) in [6.07, 6.45) is 25.1. The molecule has 0 aromatic carbocycles. The molecule has 0 saturated carbocycles. The number of rotatable bonds is 14. The summed E-state index contributed by atoms with van der Waals surface area (Å²) in [7, 11) is 0. The van der Waals surface area contributed by atoms with Crippen LogP contribution in [0.15, 0.2) is 35.6 Å². The van der Waals surface area contributed by atoms with Crippen LogP contribution in [0.5, 0.6) is 0 Å². The van der Waals surface area contributed by atoms with E-state index in [4.69, 9.17) is 15.3 Å². The van der Waals surface area contributed by atoms with Crippen molar-refractivity contribution < 1.29 is 14.4 Å². The lowest BCUT2D eigenvalue weighted by Gasteiger charge is -2.33. The molecule has 2 heterocycles. The second kappa shape index (κ2) is 24.2. The van der Waals surface area contributed by atoms with Crippen molar-refractivity contribution in [3.8, 4) is 12.8 Å². The van der Waals surface area contributed by atoms with E-state index in [9.17, 15) is 4.79 Å². The standard InChI is InChI=1S/C21H44N4O2.C11H14O.C2H6.C2H2/c1-6-9-14-24(15-10-13-22)20(26)18-23(8-3)19(7-2)11-16-25-17-12-21(4,5)27-25;1-9-3-2-4-11-8-10(7-9)5-6-12-11;2*1-2/h19H,6-18,22H2,1-5H3;2-4,7,9H,5-6,8H2,1H3;1-2H3;1-2H/b;3-2?,10-7-,11-4+;;/t19-;9-;;/m11../s1. The molecule has 2 fully saturated rings. The van der Waals surface area contributed by atoms with Crippen LogP contribution in [0, 0.1) is 18.8 Å². The highest BCUT2D eigenvalue weighted by molar-refractivity contribution is 5.78. The van der Waals surface area contributed by atoms with E-state index in [0.717, 1.165) is 96.5 Å². The number of amides is 1. The molecule has 0 aromatic heterocycles. The molecule has 0 unspecified atom stereocenters. The Morgan fingerprint density at radius 2 is 1.88 bits per heavy atom. The van der Waals surface area contributed by atoms with Gasteiger partial charge < -0.3 is 15.4 Å². The zero-order valence-corrected chi connectivity index (χ0v) is 29.1. The molecule has 0 aromatic rings. The van der Waals surface area contributed by atoms with Gasteiger partial charge in [0.1, 0.15) is 0 Å². The molecule has 7 nitrogen and oxygen atoms in total. The Kier molecular flexibility index (Phi) is 23.0. The van der Waals surface area contributed by atoms with Gasteiger partial charge in [-0.25, -0.2) is 0 Å². The highest BCUT2D eigenvalue weighted by atomic mass is 16.7. The van der Waals surface area contributed by atoms with Gasteiger partial charge in [-0.2, -0.15) is 5.06 Å². The van der Waals surface area contributed by atoms with Gasteiger partial charge in [-0.05, 0) is 71.0 Å². The number of nitrogens with two attached hydrogens (primary N) is 1. The second-order valence-electron chi connectivity index (χ2n) is 11.8. The number of carbonyl (C=O) groups is 1. The topological polar surface area (TPSA) is 71.3 Å². The molecule has 7 heteroatoms. The summed E-state index contributed by atoms with van der Waals surface area (Å²) in [5.74, 6) is 1.95. The van der Waals surface area contributed by atoms with Gasteiger partial charge in [0.25, 0.3) is 0 Å². The fraction of sp³-hybridized carbons (Fsp3) is 0.750. The third-order valence-corrected chi connectivity index (χ3v) is 7.86. The Morgan fingerprint density at radius 3 is 2.47 bits per heavy atom. The lowest BCUT2D eigenvalue weighted by molar-refractivity contribution is -0.181. The largest absolute Gasteiger partial charge is 0.497 e. The lowest BCUT2D eigenvalue weighted by atomic mass is 9.98. The maximum Gasteiger partial charge on any atom is 0.236 e. The SMILES string of the molecule is C#C.CC.CCCCN(CCCN)C(=O)CN(CC)[C@H](CC)CCN1CCC(C)(C)O1.C[C@@H]1C=C/C=C2\C/C(=C\1)CCO2. The van der Waals surface area contributed by atoms with Crippen LogP contribution in [0.2, 0.25) is 0 Å². The van der Waals surface area contributed by atoms with Crippen molar-refractivity contribution in [2.24, 2.45) is 11.7 Å². The van der Waals surface area contributed by atoms with Crippen molar-refractivity contribution >= 4 is 5.91 Å². The smallest absolute Gasteiger partial charge is 0.236 e. The van der Waals surface area contributed by atoms with E-state index in [1.165, 1.54) is 5.57 Å². The molecular weight excluding hydrogens is 536 g/mol. The second-order valence-corrected chi connectivity index (χ2v) is 11.8. The van der Waals surface area contributed by atoms with E-state index < -0.39 is 0 Å². The van der Waals surface area contributed by atoms with Gasteiger partial charge in [0, 0.05) is 45.1 Å². The first-order valence-electron chi connectivity index (χ1n) is 16.9. The Labute approximate surface area is 265 Å². The summed E-state index contributed by atoms with van der Waals surface area (Å²) < 4.78 is 5.49. The zero-order valence-electron chi connectivity index (χ0n) is 29.1. The van der Waals surface area contributed by atoms with Crippen LogP contribution < -0.4 is 5.73 Å². The third kappa shape index (κ3) is 17.1. The van der Waals surface area contributed by atoms with Crippen molar-refractivity contribution in [1.82, 2.24) is 14.9 Å². The molecule has 0 radical (unpaired) electrons. The van der Waals surface area contributed by atoms with E-state index in [1.807, 2.05) is 18.7 Å². The van der Waals surface area contributed by atoms with Gasteiger partial charge in [-0.3, -0.25) is 14.5 Å². The average molecular weight is 603 g/mol. The van der Waals surface area contributed by atoms with Crippen LogP contribution >= 0.6 is 0 Å². The molecule has 1 amide bonds. The lowest BCUT2D eigenvalue weighted by Crippen LogP contribution is -2.46. The fourth-order valence-corrected chi connectivity index (χ4v) is 5.39. The van der Waals surface area contributed by atoms with Gasteiger partial charge in [0.15, 0.2) is 0 Å². The van der Waals surface area contributed by atoms with Gasteiger partial charge >= 0.3 is 0 Å². The number of fused-ring (bicyclic) bond motifs is 2. The minimum atomic E-state index is -0.0368. The molecule has 248 valence electrons. The third-order valence-electron chi connectivity index (χ3n) is 7.86. The maximum atomic E-state index is 12.9. The Balaban J connectivity index is 0.000000905. The van der Waals surface area contributed by atoms with Gasteiger partial charge in [0.05, 0.1) is 24.5 Å². The predicted octanol–water partition coefficient (Wildman–Crippen LogP) is 6.96. The number of hydroxylamine groups is 2. The molecule has 3 aliphatic rings. The molecule has 0 spiro atoms. The molecule has 2 N–H and O–H groups in total. The van der Waals surface area contributed by atoms with Crippen LogP contribution in [0.4, 0.5) is 0 Å². The molecule has 2 aliphatic heterocycles. The first-order chi connectivity index (χ1) is 20.7.